The van der Waals surface area contributed by atoms with Crippen LogP contribution >= 0.6 is 22.7 Å². The second-order valence-corrected chi connectivity index (χ2v) is 6.37. The first-order chi connectivity index (χ1) is 9.15. The van der Waals surface area contributed by atoms with Crippen molar-refractivity contribution in [2.75, 3.05) is 19.0 Å². The van der Waals surface area contributed by atoms with Gasteiger partial charge in [-0.2, -0.15) is 0 Å². The molecule has 7 heteroatoms. The van der Waals surface area contributed by atoms with Gasteiger partial charge in [0, 0.05) is 19.6 Å². The maximum Gasteiger partial charge on any atom is 0.206 e. The number of methoxy groups -OCH3 is 1. The molecule has 0 saturated heterocycles. The largest absolute Gasteiger partial charge is 0.378 e. The van der Waals surface area contributed by atoms with E-state index in [1.165, 1.54) is 0 Å². The van der Waals surface area contributed by atoms with Crippen LogP contribution in [0.2, 0.25) is 0 Å². The molecule has 0 aromatic carbocycles. The van der Waals surface area contributed by atoms with Crippen LogP contribution in [0.4, 0.5) is 5.13 Å². The van der Waals surface area contributed by atoms with Crippen LogP contribution in [0, 0.1) is 0 Å². The number of ether oxygens (including phenoxy) is 1. The van der Waals surface area contributed by atoms with Gasteiger partial charge in [0.05, 0.1) is 22.2 Å². The van der Waals surface area contributed by atoms with Crippen molar-refractivity contribution in [1.82, 2.24) is 15.2 Å². The lowest BCUT2D eigenvalue weighted by atomic mass is 10.2. The molecule has 2 aromatic rings. The minimum Gasteiger partial charge on any atom is -0.378 e. The lowest BCUT2D eigenvalue weighted by Gasteiger charge is -1.96. The van der Waals surface area contributed by atoms with Crippen molar-refractivity contribution in [3.8, 4) is 9.88 Å². The smallest absolute Gasteiger partial charge is 0.206 e. The number of hydrogen-bond donors (Lipinski definition) is 1. The molecule has 0 spiro atoms. The fraction of sp³-hybridized carbons (Fsp3) is 0.583. The zero-order valence-corrected chi connectivity index (χ0v) is 13.2. The second kappa shape index (κ2) is 6.40. The highest BCUT2D eigenvalue weighted by molar-refractivity contribution is 7.23. The highest BCUT2D eigenvalue weighted by atomic mass is 32.1. The molecule has 0 atom stereocenters. The summed E-state index contributed by atoms with van der Waals surface area (Å²) >= 11 is 3.24. The molecule has 0 bridgehead atoms. The Balaban J connectivity index is 2.35. The van der Waals surface area contributed by atoms with Gasteiger partial charge in [0.2, 0.25) is 5.13 Å². The maximum atomic E-state index is 5.22. The minimum absolute atomic E-state index is 0.413. The summed E-state index contributed by atoms with van der Waals surface area (Å²) < 4.78 is 5.22. The third-order valence-corrected chi connectivity index (χ3v) is 4.87. The quantitative estimate of drug-likeness (QED) is 0.886. The molecule has 2 aromatic heterocycles. The first-order valence-corrected chi connectivity index (χ1v) is 7.85. The van der Waals surface area contributed by atoms with Crippen LogP contribution in [0.15, 0.2) is 0 Å². The number of aromatic nitrogens is 3. The molecule has 0 saturated carbocycles. The molecule has 0 aliphatic rings. The summed E-state index contributed by atoms with van der Waals surface area (Å²) in [6.45, 7) is 7.68. The van der Waals surface area contributed by atoms with Gasteiger partial charge in [0.1, 0.15) is 0 Å². The van der Waals surface area contributed by atoms with Gasteiger partial charge in [0.15, 0.2) is 5.01 Å². The van der Waals surface area contributed by atoms with Gasteiger partial charge in [-0.05, 0) is 6.92 Å². The Hall–Kier alpha value is -1.05. The van der Waals surface area contributed by atoms with E-state index in [1.807, 2.05) is 6.92 Å². The van der Waals surface area contributed by atoms with Gasteiger partial charge >= 0.3 is 0 Å². The zero-order valence-electron chi connectivity index (χ0n) is 11.6. The molecule has 0 radical (unpaired) electrons. The number of hydrogen-bond acceptors (Lipinski definition) is 7. The van der Waals surface area contributed by atoms with E-state index < -0.39 is 0 Å². The van der Waals surface area contributed by atoms with Crippen LogP contribution in [0.3, 0.4) is 0 Å². The highest BCUT2D eigenvalue weighted by Gasteiger charge is 2.18. The molecule has 1 N–H and O–H groups in total. The van der Waals surface area contributed by atoms with Crippen molar-refractivity contribution >= 4 is 27.8 Å². The maximum absolute atomic E-state index is 5.22. The number of anilines is 1. The van der Waals surface area contributed by atoms with Crippen molar-refractivity contribution in [3.63, 3.8) is 0 Å². The average molecular weight is 298 g/mol. The highest BCUT2D eigenvalue weighted by Crippen LogP contribution is 2.36. The van der Waals surface area contributed by atoms with E-state index in [1.54, 1.807) is 29.8 Å². The molecule has 2 heterocycles. The fourth-order valence-corrected chi connectivity index (χ4v) is 3.53. The molecule has 104 valence electrons. The lowest BCUT2D eigenvalue weighted by molar-refractivity contribution is 0.182. The van der Waals surface area contributed by atoms with E-state index in [9.17, 15) is 0 Å². The Kier molecular flexibility index (Phi) is 4.84. The molecule has 19 heavy (non-hydrogen) atoms. The number of rotatable bonds is 6. The third-order valence-electron chi connectivity index (χ3n) is 2.44. The molecule has 0 fully saturated rings. The van der Waals surface area contributed by atoms with E-state index in [0.29, 0.717) is 12.5 Å². The minimum atomic E-state index is 0.413. The summed E-state index contributed by atoms with van der Waals surface area (Å²) in [6.07, 6.45) is 0. The Labute approximate surface area is 121 Å². The van der Waals surface area contributed by atoms with Crippen molar-refractivity contribution in [3.05, 3.63) is 10.7 Å². The normalized spacial score (nSPS) is 11.2. The molecular weight excluding hydrogens is 280 g/mol. The summed E-state index contributed by atoms with van der Waals surface area (Å²) in [5, 5.41) is 14.4. The predicted molar refractivity (Wildman–Crippen MR) is 80.0 cm³/mol. The van der Waals surface area contributed by atoms with Crippen molar-refractivity contribution in [2.24, 2.45) is 0 Å². The molecule has 2 rings (SSSR count). The molecule has 0 aliphatic heterocycles. The monoisotopic (exact) mass is 298 g/mol. The van der Waals surface area contributed by atoms with Gasteiger partial charge < -0.3 is 10.1 Å². The summed E-state index contributed by atoms with van der Waals surface area (Å²) in [5.74, 6) is 0.413. The van der Waals surface area contributed by atoms with Crippen LogP contribution in [-0.4, -0.2) is 28.8 Å². The van der Waals surface area contributed by atoms with E-state index in [2.05, 4.69) is 34.3 Å². The first-order valence-electron chi connectivity index (χ1n) is 6.22. The summed E-state index contributed by atoms with van der Waals surface area (Å²) in [7, 11) is 1.68. The molecular formula is C12H18N4OS2. The van der Waals surface area contributed by atoms with Crippen LogP contribution in [0.5, 0.6) is 0 Å². The fourth-order valence-electron chi connectivity index (χ4n) is 1.56. The van der Waals surface area contributed by atoms with E-state index in [-0.39, 0.29) is 0 Å². The summed E-state index contributed by atoms with van der Waals surface area (Å²) in [5.41, 5.74) is 0.954. The molecule has 0 amide bonds. The van der Waals surface area contributed by atoms with E-state index >= 15 is 0 Å². The Morgan fingerprint density at radius 2 is 2.05 bits per heavy atom. The number of nitrogens with one attached hydrogen (secondary N) is 1. The van der Waals surface area contributed by atoms with Gasteiger partial charge in [-0.3, -0.25) is 0 Å². The van der Waals surface area contributed by atoms with E-state index in [4.69, 9.17) is 4.74 Å². The van der Waals surface area contributed by atoms with Gasteiger partial charge in [-0.15, -0.1) is 21.5 Å². The zero-order chi connectivity index (χ0) is 13.8. The SMILES string of the molecule is CCNc1nnc(-c2sc(C(C)C)nc2COC)s1. The average Bonchev–Trinajstić information content (AvgIpc) is 2.96. The van der Waals surface area contributed by atoms with Crippen LogP contribution < -0.4 is 5.32 Å². The van der Waals surface area contributed by atoms with Crippen LogP contribution in [0.1, 0.15) is 37.4 Å². The molecule has 0 unspecified atom stereocenters. The third kappa shape index (κ3) is 3.29. The number of thiazole rings is 1. The Morgan fingerprint density at radius 1 is 1.26 bits per heavy atom. The van der Waals surface area contributed by atoms with Gasteiger partial charge in [-0.1, -0.05) is 25.2 Å². The first kappa shape index (κ1) is 14.4. The van der Waals surface area contributed by atoms with Crippen LogP contribution in [-0.2, 0) is 11.3 Å². The standard InChI is InChI=1S/C12H18N4OS2/c1-5-13-12-16-15-11(19-12)9-8(6-17-4)14-10(18-9)7(2)3/h7H,5-6H2,1-4H3,(H,13,16). The molecule has 0 aliphatic carbocycles. The second-order valence-electron chi connectivity index (χ2n) is 4.36. The van der Waals surface area contributed by atoms with Crippen molar-refractivity contribution < 1.29 is 4.74 Å². The predicted octanol–water partition coefficient (Wildman–Crippen LogP) is 3.36. The number of nitrogens with zero attached hydrogens (tertiary/aromatic N) is 3. The summed E-state index contributed by atoms with van der Waals surface area (Å²) in [4.78, 5) is 5.72. The topological polar surface area (TPSA) is 59.9 Å². The Bertz CT molecular complexity index is 536. The van der Waals surface area contributed by atoms with Crippen LogP contribution in [0.25, 0.3) is 9.88 Å². The lowest BCUT2D eigenvalue weighted by Crippen LogP contribution is -1.94. The van der Waals surface area contributed by atoms with Gasteiger partial charge in [-0.25, -0.2) is 4.98 Å². The van der Waals surface area contributed by atoms with Crippen molar-refractivity contribution in [1.29, 1.82) is 0 Å². The van der Waals surface area contributed by atoms with Crippen molar-refractivity contribution in [2.45, 2.75) is 33.3 Å². The van der Waals surface area contributed by atoms with E-state index in [0.717, 1.165) is 32.3 Å². The summed E-state index contributed by atoms with van der Waals surface area (Å²) in [6, 6.07) is 0. The van der Waals surface area contributed by atoms with Gasteiger partial charge in [0.25, 0.3) is 0 Å². The Morgan fingerprint density at radius 3 is 2.68 bits per heavy atom. The molecule has 5 nitrogen and oxygen atoms in total.